The Morgan fingerprint density at radius 1 is 1.55 bits per heavy atom. The summed E-state index contributed by atoms with van der Waals surface area (Å²) in [6.45, 7) is 1.88. The number of carbonyl (C=O) groups is 1. The fourth-order valence-electron chi connectivity index (χ4n) is 0.851. The highest BCUT2D eigenvalue weighted by Gasteiger charge is 2.00. The van der Waals surface area contributed by atoms with E-state index in [1.54, 1.807) is 18.2 Å². The fraction of sp³-hybridized carbons (Fsp3) is 0.111. The van der Waals surface area contributed by atoms with Gasteiger partial charge in [-0.15, -0.1) is 0 Å². The van der Waals surface area contributed by atoms with Gasteiger partial charge in [0.1, 0.15) is 0 Å². The van der Waals surface area contributed by atoms with Crippen LogP contribution in [0.2, 0.25) is 0 Å². The van der Waals surface area contributed by atoms with Gasteiger partial charge < -0.3 is 5.11 Å². The van der Waals surface area contributed by atoms with Crippen molar-refractivity contribution in [1.29, 1.82) is 0 Å². The lowest BCUT2D eigenvalue weighted by molar-refractivity contribution is 0.0697. The molecule has 0 aromatic heterocycles. The summed E-state index contributed by atoms with van der Waals surface area (Å²) in [5.74, 6) is -0.881. The summed E-state index contributed by atoms with van der Waals surface area (Å²) < 4.78 is 0. The second kappa shape index (κ2) is 3.19. The molecular formula is C9H9O2. The van der Waals surface area contributed by atoms with Crippen molar-refractivity contribution in [2.75, 3.05) is 0 Å². The van der Waals surface area contributed by atoms with Crippen LogP contribution in [-0.2, 0) is 0 Å². The molecule has 1 aromatic carbocycles. The van der Waals surface area contributed by atoms with Gasteiger partial charge in [-0.1, -0.05) is 19.1 Å². The zero-order chi connectivity index (χ0) is 8.27. The van der Waals surface area contributed by atoms with E-state index in [0.29, 0.717) is 5.56 Å². The predicted molar refractivity (Wildman–Crippen MR) is 42.5 cm³/mol. The molecule has 0 atom stereocenters. The van der Waals surface area contributed by atoms with Gasteiger partial charge in [0.25, 0.3) is 0 Å². The third kappa shape index (κ3) is 1.80. The number of hydrogen-bond donors (Lipinski definition) is 1. The van der Waals surface area contributed by atoms with Gasteiger partial charge in [-0.2, -0.15) is 0 Å². The van der Waals surface area contributed by atoms with Gasteiger partial charge in [0.05, 0.1) is 5.56 Å². The minimum Gasteiger partial charge on any atom is -0.478 e. The summed E-state index contributed by atoms with van der Waals surface area (Å²) in [6, 6.07) is 6.82. The summed E-state index contributed by atoms with van der Waals surface area (Å²) in [5.41, 5.74) is 1.27. The van der Waals surface area contributed by atoms with Gasteiger partial charge in [0.15, 0.2) is 0 Å². The molecule has 0 amide bonds. The third-order valence-corrected chi connectivity index (χ3v) is 1.47. The summed E-state index contributed by atoms with van der Waals surface area (Å²) in [5, 5.41) is 8.59. The highest BCUT2D eigenvalue weighted by atomic mass is 16.4. The van der Waals surface area contributed by atoms with Crippen LogP contribution in [0.25, 0.3) is 0 Å². The van der Waals surface area contributed by atoms with E-state index in [-0.39, 0.29) is 0 Å². The average molecular weight is 149 g/mol. The van der Waals surface area contributed by atoms with Crippen LogP contribution >= 0.6 is 0 Å². The molecule has 0 saturated heterocycles. The van der Waals surface area contributed by atoms with Crippen LogP contribution < -0.4 is 0 Å². The van der Waals surface area contributed by atoms with Crippen LogP contribution in [0.4, 0.5) is 0 Å². The first-order valence-electron chi connectivity index (χ1n) is 3.37. The summed E-state index contributed by atoms with van der Waals surface area (Å²) in [6.07, 6.45) is 1.87. The Balaban J connectivity index is 3.01. The molecule has 0 unspecified atom stereocenters. The van der Waals surface area contributed by atoms with E-state index in [9.17, 15) is 4.79 Å². The maximum absolute atomic E-state index is 10.5. The van der Waals surface area contributed by atoms with Crippen LogP contribution in [0.3, 0.4) is 0 Å². The third-order valence-electron chi connectivity index (χ3n) is 1.47. The lowest BCUT2D eigenvalue weighted by atomic mass is 10.1. The molecular weight excluding hydrogens is 140 g/mol. The molecule has 0 spiro atoms. The number of hydrogen-bond acceptors (Lipinski definition) is 1. The van der Waals surface area contributed by atoms with Gasteiger partial charge in [-0.3, -0.25) is 0 Å². The molecule has 2 heteroatoms. The van der Waals surface area contributed by atoms with Crippen LogP contribution in [0.1, 0.15) is 22.8 Å². The van der Waals surface area contributed by atoms with E-state index in [4.69, 9.17) is 5.11 Å². The van der Waals surface area contributed by atoms with Crippen molar-refractivity contribution in [1.82, 2.24) is 0 Å². The van der Waals surface area contributed by atoms with Crippen molar-refractivity contribution in [2.24, 2.45) is 0 Å². The average Bonchev–Trinajstić information content (AvgIpc) is 2.05. The van der Waals surface area contributed by atoms with Crippen LogP contribution in [0.5, 0.6) is 0 Å². The Hall–Kier alpha value is -1.31. The van der Waals surface area contributed by atoms with Crippen LogP contribution in [0.15, 0.2) is 24.3 Å². The molecule has 1 rings (SSSR count). The second-order valence-electron chi connectivity index (χ2n) is 2.22. The van der Waals surface area contributed by atoms with Crippen molar-refractivity contribution in [3.05, 3.63) is 41.8 Å². The fourth-order valence-corrected chi connectivity index (χ4v) is 0.851. The zero-order valence-electron chi connectivity index (χ0n) is 6.24. The number of carboxylic acids is 1. The highest BCUT2D eigenvalue weighted by Crippen LogP contribution is 2.06. The summed E-state index contributed by atoms with van der Waals surface area (Å²) >= 11 is 0. The second-order valence-corrected chi connectivity index (χ2v) is 2.22. The van der Waals surface area contributed by atoms with Gasteiger partial charge in [0.2, 0.25) is 0 Å². The minimum absolute atomic E-state index is 0.334. The Morgan fingerprint density at radius 3 is 2.82 bits per heavy atom. The summed E-state index contributed by atoms with van der Waals surface area (Å²) in [7, 11) is 0. The van der Waals surface area contributed by atoms with Crippen molar-refractivity contribution in [2.45, 2.75) is 6.92 Å². The Bertz CT molecular complexity index is 266. The molecule has 57 valence electrons. The largest absolute Gasteiger partial charge is 0.478 e. The quantitative estimate of drug-likeness (QED) is 0.697. The van der Waals surface area contributed by atoms with E-state index >= 15 is 0 Å². The maximum atomic E-state index is 10.5. The molecule has 0 aliphatic heterocycles. The van der Waals surface area contributed by atoms with Crippen LogP contribution in [0, 0.1) is 6.42 Å². The normalized spacial score (nSPS) is 9.55. The molecule has 0 fully saturated rings. The minimum atomic E-state index is -0.881. The lowest BCUT2D eigenvalue weighted by Gasteiger charge is -1.96. The Labute approximate surface area is 65.5 Å². The van der Waals surface area contributed by atoms with E-state index < -0.39 is 5.97 Å². The number of benzene rings is 1. The number of rotatable bonds is 2. The molecule has 0 heterocycles. The molecule has 1 radical (unpaired) electrons. The monoisotopic (exact) mass is 149 g/mol. The molecule has 1 aromatic rings. The Kier molecular flexibility index (Phi) is 2.26. The van der Waals surface area contributed by atoms with Crippen LogP contribution in [-0.4, -0.2) is 11.1 Å². The van der Waals surface area contributed by atoms with Gasteiger partial charge >= 0.3 is 5.97 Å². The zero-order valence-corrected chi connectivity index (χ0v) is 6.24. The Morgan fingerprint density at radius 2 is 2.27 bits per heavy atom. The maximum Gasteiger partial charge on any atom is 0.335 e. The van der Waals surface area contributed by atoms with Gasteiger partial charge in [-0.25, -0.2) is 4.79 Å². The molecule has 0 aliphatic carbocycles. The smallest absolute Gasteiger partial charge is 0.335 e. The predicted octanol–water partition coefficient (Wildman–Crippen LogP) is 1.96. The van der Waals surface area contributed by atoms with Crippen molar-refractivity contribution >= 4 is 5.97 Å². The standard InChI is InChI=1S/C9H9O2/c1-2-7-4-3-5-8(6-7)9(10)11/h2-6H,1H3,(H,10,11). The lowest BCUT2D eigenvalue weighted by Crippen LogP contribution is -1.95. The first-order valence-corrected chi connectivity index (χ1v) is 3.37. The van der Waals surface area contributed by atoms with E-state index in [0.717, 1.165) is 5.56 Å². The van der Waals surface area contributed by atoms with Gasteiger partial charge in [-0.05, 0) is 24.1 Å². The number of aromatic carboxylic acids is 1. The topological polar surface area (TPSA) is 37.3 Å². The first-order chi connectivity index (χ1) is 5.24. The van der Waals surface area contributed by atoms with E-state index in [2.05, 4.69) is 0 Å². The van der Waals surface area contributed by atoms with Gasteiger partial charge in [0, 0.05) is 0 Å². The molecule has 0 aliphatic rings. The summed E-state index contributed by atoms with van der Waals surface area (Å²) in [4.78, 5) is 10.5. The molecule has 2 nitrogen and oxygen atoms in total. The SMILES string of the molecule is C[CH]c1cccc(C(=O)O)c1. The van der Waals surface area contributed by atoms with Crippen molar-refractivity contribution in [3.8, 4) is 0 Å². The number of carboxylic acid groups (broad SMARTS) is 1. The molecule has 1 N–H and O–H groups in total. The first kappa shape index (κ1) is 7.79. The highest BCUT2D eigenvalue weighted by molar-refractivity contribution is 5.87. The van der Waals surface area contributed by atoms with E-state index in [1.807, 2.05) is 19.4 Å². The molecule has 0 saturated carbocycles. The molecule has 0 bridgehead atoms. The molecule has 11 heavy (non-hydrogen) atoms. The van der Waals surface area contributed by atoms with Crippen molar-refractivity contribution in [3.63, 3.8) is 0 Å². The van der Waals surface area contributed by atoms with E-state index in [1.165, 1.54) is 0 Å². The van der Waals surface area contributed by atoms with Crippen molar-refractivity contribution < 1.29 is 9.90 Å².